The van der Waals surface area contributed by atoms with Crippen molar-refractivity contribution in [3.63, 3.8) is 0 Å². The van der Waals surface area contributed by atoms with Gasteiger partial charge >= 0.3 is 0 Å². The van der Waals surface area contributed by atoms with Gasteiger partial charge in [-0.15, -0.1) is 0 Å². The molecule has 2 aromatic carbocycles. The lowest BCUT2D eigenvalue weighted by atomic mass is 9.84. The van der Waals surface area contributed by atoms with Crippen LogP contribution in [0.1, 0.15) is 75.9 Å². The number of pyridine rings is 1. The van der Waals surface area contributed by atoms with E-state index in [4.69, 9.17) is 9.40 Å². The summed E-state index contributed by atoms with van der Waals surface area (Å²) in [6, 6.07) is 21.7. The third-order valence-electron chi connectivity index (χ3n) is 7.45. The average molecular weight is 505 g/mol. The molecule has 5 rings (SSSR count). The van der Waals surface area contributed by atoms with Gasteiger partial charge < -0.3 is 9.40 Å². The number of furan rings is 1. The molecule has 0 bridgehead atoms. The van der Waals surface area contributed by atoms with Crippen molar-refractivity contribution in [2.24, 2.45) is 0 Å². The van der Waals surface area contributed by atoms with Gasteiger partial charge in [0, 0.05) is 21.9 Å². The summed E-state index contributed by atoms with van der Waals surface area (Å²) in [7, 11) is 0. The van der Waals surface area contributed by atoms with Gasteiger partial charge in [0.25, 0.3) is 0 Å². The molecule has 3 aromatic heterocycles. The van der Waals surface area contributed by atoms with Gasteiger partial charge in [-0.3, -0.25) is 4.98 Å². The first-order chi connectivity index (χ1) is 18.3. The first-order valence-corrected chi connectivity index (χ1v) is 14.0. The van der Waals surface area contributed by atoms with Gasteiger partial charge in [0.15, 0.2) is 5.76 Å². The van der Waals surface area contributed by atoms with Crippen molar-refractivity contribution in [3.05, 3.63) is 89.4 Å². The van der Waals surface area contributed by atoms with Crippen LogP contribution in [0.4, 0.5) is 0 Å². The number of aromatic nitrogens is 2. The molecule has 0 amide bonds. The van der Waals surface area contributed by atoms with Crippen LogP contribution in [0.25, 0.3) is 44.6 Å². The third kappa shape index (κ3) is 5.07. The van der Waals surface area contributed by atoms with Gasteiger partial charge in [0.1, 0.15) is 0 Å². The number of hydrogen-bond donors (Lipinski definition) is 1. The number of aromatic amines is 1. The van der Waals surface area contributed by atoms with Crippen LogP contribution in [0.2, 0.25) is 0 Å². The second kappa shape index (κ2) is 10.6. The lowest BCUT2D eigenvalue weighted by Crippen LogP contribution is -2.16. The van der Waals surface area contributed by atoms with E-state index in [9.17, 15) is 0 Å². The summed E-state index contributed by atoms with van der Waals surface area (Å²) < 4.78 is 5.99. The highest BCUT2D eigenvalue weighted by Crippen LogP contribution is 2.46. The Bertz CT molecular complexity index is 1510. The molecule has 0 radical (unpaired) electrons. The number of benzene rings is 2. The minimum absolute atomic E-state index is 0.135. The van der Waals surface area contributed by atoms with Gasteiger partial charge in [0.05, 0.1) is 28.9 Å². The second-order valence-electron chi connectivity index (χ2n) is 11.7. The highest BCUT2D eigenvalue weighted by Gasteiger charge is 2.29. The van der Waals surface area contributed by atoms with Crippen LogP contribution < -0.4 is 0 Å². The van der Waals surface area contributed by atoms with Crippen LogP contribution in [0.5, 0.6) is 0 Å². The van der Waals surface area contributed by atoms with Crippen LogP contribution >= 0.6 is 0 Å². The number of hydrogen-bond acceptors (Lipinski definition) is 2. The molecule has 3 nitrogen and oxygen atoms in total. The number of aryl methyl sites for hydroxylation is 3. The fraction of sp³-hybridized carbons (Fsp3) is 0.343. The smallest absolute Gasteiger partial charge is 0.150 e. The zero-order chi connectivity index (χ0) is 26.9. The first-order valence-electron chi connectivity index (χ1n) is 14.0. The SMILES string of the molecule is CCCCCCc1nc(C(C)(C)C)c2c(-c3ccc(C)cc3)c(-c3ccco3)[nH]c2c1-c1ccc(C)cc1. The highest BCUT2D eigenvalue weighted by atomic mass is 16.3. The molecular formula is C35H40N2O. The monoisotopic (exact) mass is 504 g/mol. The molecule has 0 aliphatic carbocycles. The molecule has 5 aromatic rings. The molecule has 0 atom stereocenters. The largest absolute Gasteiger partial charge is 0.463 e. The molecule has 3 heteroatoms. The Hall–Kier alpha value is -3.59. The predicted octanol–water partition coefficient (Wildman–Crippen LogP) is 10.2. The minimum Gasteiger partial charge on any atom is -0.463 e. The highest BCUT2D eigenvalue weighted by molar-refractivity contribution is 6.10. The third-order valence-corrected chi connectivity index (χ3v) is 7.45. The Morgan fingerprint density at radius 1 is 0.789 bits per heavy atom. The van der Waals surface area contributed by atoms with Crippen LogP contribution in [0.15, 0.2) is 71.3 Å². The predicted molar refractivity (Wildman–Crippen MR) is 161 cm³/mol. The molecule has 38 heavy (non-hydrogen) atoms. The molecule has 196 valence electrons. The van der Waals surface area contributed by atoms with Gasteiger partial charge in [-0.05, 0) is 49.9 Å². The molecule has 3 heterocycles. The Morgan fingerprint density at radius 2 is 1.42 bits per heavy atom. The Morgan fingerprint density at radius 3 is 1.97 bits per heavy atom. The molecular weight excluding hydrogens is 464 g/mol. The number of nitrogens with zero attached hydrogens (tertiary/aromatic N) is 1. The van der Waals surface area contributed by atoms with Crippen LogP contribution in [-0.2, 0) is 11.8 Å². The summed E-state index contributed by atoms with van der Waals surface area (Å²) in [5, 5.41) is 1.20. The standard InChI is InChI=1S/C35H40N2O/c1-7-8-9-10-12-27-29(25-18-14-23(2)15-19-25)33-31(34(36-27)35(4,5)6)30(26-20-16-24(3)17-21-26)32(37-33)28-13-11-22-38-28/h11,13-22,37H,7-10,12H2,1-6H3. The lowest BCUT2D eigenvalue weighted by molar-refractivity contribution is 0.570. The Kier molecular flexibility index (Phi) is 7.29. The van der Waals surface area contributed by atoms with Gasteiger partial charge in [-0.25, -0.2) is 0 Å². The summed E-state index contributed by atoms with van der Waals surface area (Å²) in [4.78, 5) is 9.40. The van der Waals surface area contributed by atoms with Gasteiger partial charge in [-0.2, -0.15) is 0 Å². The van der Waals surface area contributed by atoms with Crippen LogP contribution in [-0.4, -0.2) is 9.97 Å². The zero-order valence-corrected chi connectivity index (χ0v) is 23.7. The average Bonchev–Trinajstić information content (AvgIpc) is 3.55. The molecule has 0 saturated heterocycles. The summed E-state index contributed by atoms with van der Waals surface area (Å²) in [5.74, 6) is 0.844. The molecule has 0 fully saturated rings. The topological polar surface area (TPSA) is 41.8 Å². The van der Waals surface area contributed by atoms with E-state index in [0.29, 0.717) is 0 Å². The number of unbranched alkanes of at least 4 members (excludes halogenated alkanes) is 3. The van der Waals surface area contributed by atoms with Crippen molar-refractivity contribution in [2.45, 2.75) is 79.1 Å². The van der Waals surface area contributed by atoms with Crippen molar-refractivity contribution in [2.75, 3.05) is 0 Å². The van der Waals surface area contributed by atoms with Crippen molar-refractivity contribution < 1.29 is 4.42 Å². The molecule has 0 saturated carbocycles. The van der Waals surface area contributed by atoms with Crippen molar-refractivity contribution in [1.29, 1.82) is 0 Å². The summed E-state index contributed by atoms with van der Waals surface area (Å²) in [5.41, 5.74) is 11.6. The van der Waals surface area contributed by atoms with Crippen molar-refractivity contribution in [3.8, 4) is 33.7 Å². The van der Waals surface area contributed by atoms with Crippen LogP contribution in [0, 0.1) is 13.8 Å². The van der Waals surface area contributed by atoms with E-state index in [2.05, 4.69) is 95.1 Å². The summed E-state index contributed by atoms with van der Waals surface area (Å²) in [6.07, 6.45) is 7.58. The quantitative estimate of drug-likeness (QED) is 0.214. The maximum absolute atomic E-state index is 5.99. The van der Waals surface area contributed by atoms with Gasteiger partial charge in [0.2, 0.25) is 0 Å². The van der Waals surface area contributed by atoms with E-state index < -0.39 is 0 Å². The number of fused-ring (bicyclic) bond motifs is 1. The molecule has 0 spiro atoms. The van der Waals surface area contributed by atoms with E-state index in [1.165, 1.54) is 63.7 Å². The summed E-state index contributed by atoms with van der Waals surface area (Å²) in [6.45, 7) is 13.4. The van der Waals surface area contributed by atoms with E-state index in [1.807, 2.05) is 12.1 Å². The molecule has 0 aliphatic rings. The molecule has 1 N–H and O–H groups in total. The van der Waals surface area contributed by atoms with Crippen molar-refractivity contribution in [1.82, 2.24) is 9.97 Å². The Labute approximate surface area is 227 Å². The zero-order valence-electron chi connectivity index (χ0n) is 23.7. The van der Waals surface area contributed by atoms with E-state index >= 15 is 0 Å². The Balaban J connectivity index is 1.89. The number of rotatable bonds is 8. The molecule has 0 aliphatic heterocycles. The number of nitrogens with one attached hydrogen (secondary N) is 1. The summed E-state index contributed by atoms with van der Waals surface area (Å²) >= 11 is 0. The molecule has 0 unspecified atom stereocenters. The minimum atomic E-state index is -0.135. The maximum Gasteiger partial charge on any atom is 0.150 e. The van der Waals surface area contributed by atoms with E-state index in [-0.39, 0.29) is 5.41 Å². The second-order valence-corrected chi connectivity index (χ2v) is 11.7. The van der Waals surface area contributed by atoms with E-state index in [1.54, 1.807) is 6.26 Å². The fourth-order valence-corrected chi connectivity index (χ4v) is 5.40. The number of H-pyrrole nitrogens is 1. The normalized spacial score (nSPS) is 11.9. The van der Waals surface area contributed by atoms with E-state index in [0.717, 1.165) is 35.5 Å². The fourth-order valence-electron chi connectivity index (χ4n) is 5.40. The maximum atomic E-state index is 5.99. The first kappa shape index (κ1) is 26.0. The van der Waals surface area contributed by atoms with Crippen molar-refractivity contribution >= 4 is 10.9 Å². The lowest BCUT2D eigenvalue weighted by Gasteiger charge is -2.23. The van der Waals surface area contributed by atoms with Crippen LogP contribution in [0.3, 0.4) is 0 Å². The van der Waals surface area contributed by atoms with Gasteiger partial charge in [-0.1, -0.05) is 107 Å².